The van der Waals surface area contributed by atoms with E-state index in [0.29, 0.717) is 0 Å². The van der Waals surface area contributed by atoms with Crippen molar-refractivity contribution in [3.63, 3.8) is 0 Å². The fourth-order valence-corrected chi connectivity index (χ4v) is 2.12. The molecule has 2 aromatic rings. The largest absolute Gasteiger partial charge is 0.314 e. The van der Waals surface area contributed by atoms with Crippen LogP contribution in [-0.2, 0) is 6.54 Å². The molecule has 0 fully saturated rings. The lowest BCUT2D eigenvalue weighted by molar-refractivity contribution is 0.755. The molecule has 17 heavy (non-hydrogen) atoms. The molecule has 1 aromatic heterocycles. The molecule has 2 rings (SSSR count). The number of nitrogens with zero attached hydrogens (tertiary/aromatic N) is 2. The van der Waals surface area contributed by atoms with Gasteiger partial charge in [0.05, 0.1) is 15.9 Å². The second kappa shape index (κ2) is 5.21. The quantitative estimate of drug-likeness (QED) is 0.942. The molecule has 0 bridgehead atoms. The summed E-state index contributed by atoms with van der Waals surface area (Å²) >= 11 is 9.60. The van der Waals surface area contributed by atoms with E-state index in [2.05, 4.69) is 26.3 Å². The van der Waals surface area contributed by atoms with Crippen LogP contribution in [0.2, 0.25) is 5.02 Å². The fraction of sp³-hybridized carbons (Fsp3) is 0.250. The van der Waals surface area contributed by atoms with E-state index < -0.39 is 0 Å². The van der Waals surface area contributed by atoms with Gasteiger partial charge in [-0.05, 0) is 47.6 Å². The van der Waals surface area contributed by atoms with Gasteiger partial charge in [-0.1, -0.05) is 17.7 Å². The molecule has 0 amide bonds. The number of benzene rings is 1. The van der Waals surface area contributed by atoms with Crippen molar-refractivity contribution in [3.8, 4) is 5.69 Å². The van der Waals surface area contributed by atoms with Crippen LogP contribution < -0.4 is 5.32 Å². The molecule has 90 valence electrons. The smallest absolute Gasteiger partial charge is 0.0908 e. The highest BCUT2D eigenvalue weighted by Crippen LogP contribution is 2.22. The molecule has 0 radical (unpaired) electrons. The summed E-state index contributed by atoms with van der Waals surface area (Å²) in [5, 5.41) is 8.32. The summed E-state index contributed by atoms with van der Waals surface area (Å²) in [6, 6.07) is 5.91. The van der Waals surface area contributed by atoms with Crippen LogP contribution in [0.4, 0.5) is 0 Å². The number of hydrogen-bond acceptors (Lipinski definition) is 2. The van der Waals surface area contributed by atoms with Crippen LogP contribution in [0.5, 0.6) is 0 Å². The zero-order valence-corrected chi connectivity index (χ0v) is 12.0. The Morgan fingerprint density at radius 1 is 1.47 bits per heavy atom. The van der Waals surface area contributed by atoms with Crippen LogP contribution in [-0.4, -0.2) is 16.8 Å². The van der Waals surface area contributed by atoms with Gasteiger partial charge in [0.2, 0.25) is 0 Å². The predicted octanol–water partition coefficient (Wildman–Crippen LogP) is 3.32. The average molecular weight is 315 g/mol. The molecule has 1 N–H and O–H groups in total. The minimum absolute atomic E-state index is 0.729. The van der Waals surface area contributed by atoms with E-state index >= 15 is 0 Å². The van der Waals surface area contributed by atoms with Crippen LogP contribution in [0.25, 0.3) is 5.69 Å². The molecular weight excluding hydrogens is 302 g/mol. The standard InChI is InChI=1S/C12H13BrClN3/c1-8-3-4-9(5-11(8)14)17-7-10(13)12(16-17)6-15-2/h3-5,7,15H,6H2,1-2H3. The third-order valence-corrected chi connectivity index (χ3v) is 3.57. The Morgan fingerprint density at radius 3 is 2.88 bits per heavy atom. The number of aromatic nitrogens is 2. The maximum Gasteiger partial charge on any atom is 0.0908 e. The van der Waals surface area contributed by atoms with Crippen molar-refractivity contribution in [1.29, 1.82) is 0 Å². The first kappa shape index (κ1) is 12.6. The number of aryl methyl sites for hydroxylation is 1. The van der Waals surface area contributed by atoms with E-state index in [0.717, 1.165) is 33.0 Å². The van der Waals surface area contributed by atoms with Crippen LogP contribution in [0.15, 0.2) is 28.9 Å². The van der Waals surface area contributed by atoms with Crippen molar-refractivity contribution >= 4 is 27.5 Å². The SMILES string of the molecule is CNCc1nn(-c2ccc(C)c(Cl)c2)cc1Br. The lowest BCUT2D eigenvalue weighted by atomic mass is 10.2. The fourth-order valence-electron chi connectivity index (χ4n) is 1.53. The summed E-state index contributed by atoms with van der Waals surface area (Å²) in [6.45, 7) is 2.71. The molecule has 0 saturated carbocycles. The molecule has 0 atom stereocenters. The number of halogens is 2. The first-order valence-electron chi connectivity index (χ1n) is 5.27. The van der Waals surface area contributed by atoms with Gasteiger partial charge < -0.3 is 5.32 Å². The Kier molecular flexibility index (Phi) is 3.86. The van der Waals surface area contributed by atoms with Gasteiger partial charge in [-0.15, -0.1) is 0 Å². The molecule has 0 spiro atoms. The molecule has 0 saturated heterocycles. The van der Waals surface area contributed by atoms with E-state index in [1.54, 1.807) is 0 Å². The molecular formula is C12H13BrClN3. The Labute approximate surface area is 114 Å². The average Bonchev–Trinajstić information content (AvgIpc) is 2.65. The van der Waals surface area contributed by atoms with Crippen molar-refractivity contribution in [3.05, 3.63) is 45.1 Å². The van der Waals surface area contributed by atoms with Crippen LogP contribution in [0.3, 0.4) is 0 Å². The molecule has 0 aliphatic rings. The molecule has 0 unspecified atom stereocenters. The first-order chi connectivity index (χ1) is 8.11. The third kappa shape index (κ3) is 2.70. The maximum atomic E-state index is 6.11. The van der Waals surface area contributed by atoms with Crippen LogP contribution in [0.1, 0.15) is 11.3 Å². The van der Waals surface area contributed by atoms with Crippen molar-refractivity contribution in [2.45, 2.75) is 13.5 Å². The predicted molar refractivity (Wildman–Crippen MR) is 73.8 cm³/mol. The number of hydrogen-bond donors (Lipinski definition) is 1. The highest BCUT2D eigenvalue weighted by Gasteiger charge is 2.07. The Morgan fingerprint density at radius 2 is 2.24 bits per heavy atom. The summed E-state index contributed by atoms with van der Waals surface area (Å²) in [6.07, 6.45) is 1.94. The molecule has 0 aliphatic heterocycles. The Balaban J connectivity index is 2.39. The minimum Gasteiger partial charge on any atom is -0.314 e. The van der Waals surface area contributed by atoms with Gasteiger partial charge >= 0.3 is 0 Å². The highest BCUT2D eigenvalue weighted by molar-refractivity contribution is 9.10. The van der Waals surface area contributed by atoms with Crippen LogP contribution >= 0.6 is 27.5 Å². The van der Waals surface area contributed by atoms with Gasteiger partial charge in [0, 0.05) is 17.8 Å². The van der Waals surface area contributed by atoms with Gasteiger partial charge in [0.25, 0.3) is 0 Å². The number of rotatable bonds is 3. The molecule has 0 aliphatic carbocycles. The zero-order valence-electron chi connectivity index (χ0n) is 9.67. The molecule has 1 aromatic carbocycles. The number of nitrogens with one attached hydrogen (secondary N) is 1. The van der Waals surface area contributed by atoms with Crippen molar-refractivity contribution < 1.29 is 0 Å². The van der Waals surface area contributed by atoms with Gasteiger partial charge in [0.15, 0.2) is 0 Å². The lowest BCUT2D eigenvalue weighted by Crippen LogP contribution is -2.06. The normalized spacial score (nSPS) is 10.8. The summed E-state index contributed by atoms with van der Waals surface area (Å²) in [5.41, 5.74) is 3.00. The van der Waals surface area contributed by atoms with E-state index in [1.165, 1.54) is 0 Å². The monoisotopic (exact) mass is 313 g/mol. The molecule has 1 heterocycles. The second-order valence-electron chi connectivity index (χ2n) is 3.83. The van der Waals surface area contributed by atoms with Crippen molar-refractivity contribution in [2.75, 3.05) is 7.05 Å². The van der Waals surface area contributed by atoms with Crippen molar-refractivity contribution in [1.82, 2.24) is 15.1 Å². The van der Waals surface area contributed by atoms with Gasteiger partial charge in [0.1, 0.15) is 0 Å². The van der Waals surface area contributed by atoms with Crippen LogP contribution in [0, 0.1) is 6.92 Å². The Bertz CT molecular complexity index is 537. The van der Waals surface area contributed by atoms with Gasteiger partial charge in [-0.3, -0.25) is 0 Å². The third-order valence-electron chi connectivity index (χ3n) is 2.50. The minimum atomic E-state index is 0.729. The summed E-state index contributed by atoms with van der Waals surface area (Å²) in [7, 11) is 1.90. The lowest BCUT2D eigenvalue weighted by Gasteiger charge is -2.03. The van der Waals surface area contributed by atoms with Gasteiger partial charge in [-0.2, -0.15) is 5.10 Å². The maximum absolute atomic E-state index is 6.11. The zero-order chi connectivity index (χ0) is 12.4. The van der Waals surface area contributed by atoms with Crippen molar-refractivity contribution in [2.24, 2.45) is 0 Å². The van der Waals surface area contributed by atoms with E-state index in [4.69, 9.17) is 11.6 Å². The summed E-state index contributed by atoms with van der Waals surface area (Å²) in [4.78, 5) is 0. The Hall–Kier alpha value is -0.840. The topological polar surface area (TPSA) is 29.9 Å². The van der Waals surface area contributed by atoms with Gasteiger partial charge in [-0.25, -0.2) is 4.68 Å². The van der Waals surface area contributed by atoms with E-state index in [-0.39, 0.29) is 0 Å². The second-order valence-corrected chi connectivity index (χ2v) is 5.09. The first-order valence-corrected chi connectivity index (χ1v) is 6.44. The molecule has 5 heteroatoms. The summed E-state index contributed by atoms with van der Waals surface area (Å²) in [5.74, 6) is 0. The van der Waals surface area contributed by atoms with E-state index in [9.17, 15) is 0 Å². The molecule has 3 nitrogen and oxygen atoms in total. The van der Waals surface area contributed by atoms with E-state index in [1.807, 2.05) is 43.0 Å². The highest BCUT2D eigenvalue weighted by atomic mass is 79.9. The summed E-state index contributed by atoms with van der Waals surface area (Å²) < 4.78 is 2.81.